The van der Waals surface area contributed by atoms with Gasteiger partial charge < -0.3 is 5.11 Å². The zero-order valence-corrected chi connectivity index (χ0v) is 8.74. The molecule has 5 nitrogen and oxygen atoms in total. The normalized spacial score (nSPS) is 19.4. The van der Waals surface area contributed by atoms with Crippen LogP contribution >= 0.6 is 0 Å². The highest BCUT2D eigenvalue weighted by Gasteiger charge is 2.22. The van der Waals surface area contributed by atoms with Crippen molar-refractivity contribution in [1.82, 2.24) is 19.7 Å². The lowest BCUT2D eigenvalue weighted by atomic mass is 10.1. The molecule has 0 bridgehead atoms. The maximum Gasteiger partial charge on any atom is 0.181 e. The van der Waals surface area contributed by atoms with Gasteiger partial charge in [0.2, 0.25) is 0 Å². The van der Waals surface area contributed by atoms with Gasteiger partial charge in [0.15, 0.2) is 11.6 Å². The first kappa shape index (κ1) is 9.47. The van der Waals surface area contributed by atoms with E-state index in [1.807, 2.05) is 12.1 Å². The van der Waals surface area contributed by atoms with Crippen molar-refractivity contribution in [1.29, 1.82) is 0 Å². The molecule has 0 aliphatic carbocycles. The molecular weight excluding hydrogens is 204 g/mol. The van der Waals surface area contributed by atoms with E-state index in [1.54, 1.807) is 17.1 Å². The molecule has 0 spiro atoms. The summed E-state index contributed by atoms with van der Waals surface area (Å²) < 4.78 is 1.80. The van der Waals surface area contributed by atoms with Gasteiger partial charge in [-0.05, 0) is 25.0 Å². The summed E-state index contributed by atoms with van der Waals surface area (Å²) in [5.74, 6) is 1.34. The van der Waals surface area contributed by atoms with Crippen LogP contribution in [0.5, 0.6) is 0 Å². The number of hydrogen-bond acceptors (Lipinski definition) is 4. The minimum atomic E-state index is -0.475. The van der Waals surface area contributed by atoms with Crippen molar-refractivity contribution >= 4 is 0 Å². The van der Waals surface area contributed by atoms with E-state index < -0.39 is 6.10 Å². The van der Waals surface area contributed by atoms with Crippen LogP contribution in [0.2, 0.25) is 0 Å². The molecule has 1 unspecified atom stereocenters. The first-order valence-electron chi connectivity index (χ1n) is 5.38. The lowest BCUT2D eigenvalue weighted by Gasteiger charge is -2.16. The minimum Gasteiger partial charge on any atom is -0.385 e. The van der Waals surface area contributed by atoms with Crippen LogP contribution in [-0.2, 0) is 6.54 Å². The number of rotatable bonds is 1. The van der Waals surface area contributed by atoms with Crippen molar-refractivity contribution in [3.05, 3.63) is 30.4 Å². The number of aliphatic hydroxyl groups is 1. The van der Waals surface area contributed by atoms with Crippen LogP contribution in [0.25, 0.3) is 11.4 Å². The third-order valence-electron chi connectivity index (χ3n) is 2.78. The van der Waals surface area contributed by atoms with Crippen molar-refractivity contribution < 1.29 is 5.11 Å². The molecule has 1 N–H and O–H groups in total. The Kier molecular flexibility index (Phi) is 2.18. The van der Waals surface area contributed by atoms with E-state index in [9.17, 15) is 5.11 Å². The maximum absolute atomic E-state index is 9.79. The van der Waals surface area contributed by atoms with Crippen LogP contribution in [0.15, 0.2) is 24.5 Å². The van der Waals surface area contributed by atoms with Crippen molar-refractivity contribution in [2.75, 3.05) is 0 Å². The summed E-state index contributed by atoms with van der Waals surface area (Å²) in [6.45, 7) is 0.838. The molecule has 3 rings (SSSR count). The van der Waals surface area contributed by atoms with Crippen LogP contribution in [0, 0.1) is 0 Å². The van der Waals surface area contributed by atoms with Gasteiger partial charge in [-0.15, -0.1) is 0 Å². The topological polar surface area (TPSA) is 63.8 Å². The summed E-state index contributed by atoms with van der Waals surface area (Å²) in [6.07, 6.45) is 4.68. The quantitative estimate of drug-likeness (QED) is 0.777. The highest BCUT2D eigenvalue weighted by molar-refractivity contribution is 5.53. The fourth-order valence-corrected chi connectivity index (χ4v) is 1.95. The summed E-state index contributed by atoms with van der Waals surface area (Å²) in [7, 11) is 0. The summed E-state index contributed by atoms with van der Waals surface area (Å²) in [6, 6.07) is 3.74. The van der Waals surface area contributed by atoms with Gasteiger partial charge in [-0.25, -0.2) is 9.67 Å². The van der Waals surface area contributed by atoms with Crippen LogP contribution in [0.1, 0.15) is 24.8 Å². The van der Waals surface area contributed by atoms with E-state index in [2.05, 4.69) is 15.1 Å². The second kappa shape index (κ2) is 3.68. The van der Waals surface area contributed by atoms with Crippen molar-refractivity contribution in [3.8, 4) is 11.4 Å². The van der Waals surface area contributed by atoms with E-state index in [0.717, 1.165) is 24.9 Å². The molecular formula is C11H12N4O. The number of aromatic nitrogens is 4. The van der Waals surface area contributed by atoms with Gasteiger partial charge in [-0.3, -0.25) is 4.98 Å². The molecule has 5 heteroatoms. The van der Waals surface area contributed by atoms with Gasteiger partial charge in [-0.2, -0.15) is 5.10 Å². The van der Waals surface area contributed by atoms with Crippen molar-refractivity contribution in [2.45, 2.75) is 25.5 Å². The molecule has 1 aliphatic rings. The molecule has 0 radical (unpaired) electrons. The third-order valence-corrected chi connectivity index (χ3v) is 2.78. The predicted molar refractivity (Wildman–Crippen MR) is 57.4 cm³/mol. The second-order valence-corrected chi connectivity index (χ2v) is 3.91. The standard InChI is InChI=1S/C11H12N4O/c16-9-2-1-7-15-11(9)13-10(14-15)8-3-5-12-6-4-8/h3-6,9,16H,1-2,7H2. The van der Waals surface area contributed by atoms with Crippen LogP contribution in [0.3, 0.4) is 0 Å². The molecule has 0 aromatic carbocycles. The van der Waals surface area contributed by atoms with Crippen molar-refractivity contribution in [2.24, 2.45) is 0 Å². The average molecular weight is 216 g/mol. The lowest BCUT2D eigenvalue weighted by molar-refractivity contribution is 0.130. The molecule has 1 aliphatic heterocycles. The van der Waals surface area contributed by atoms with E-state index in [1.165, 1.54) is 0 Å². The summed E-state index contributed by atoms with van der Waals surface area (Å²) in [4.78, 5) is 8.33. The number of aliphatic hydroxyl groups excluding tert-OH is 1. The van der Waals surface area contributed by atoms with E-state index in [0.29, 0.717) is 11.6 Å². The Bertz CT molecular complexity index is 494. The first-order valence-corrected chi connectivity index (χ1v) is 5.38. The summed E-state index contributed by atoms with van der Waals surface area (Å²) in [5, 5.41) is 14.2. The molecule has 16 heavy (non-hydrogen) atoms. The van der Waals surface area contributed by atoms with Crippen LogP contribution < -0.4 is 0 Å². The molecule has 2 aromatic heterocycles. The second-order valence-electron chi connectivity index (χ2n) is 3.91. The van der Waals surface area contributed by atoms with Gasteiger partial charge in [-0.1, -0.05) is 0 Å². The molecule has 82 valence electrons. The fourth-order valence-electron chi connectivity index (χ4n) is 1.95. The zero-order chi connectivity index (χ0) is 11.0. The average Bonchev–Trinajstić information content (AvgIpc) is 2.76. The third kappa shape index (κ3) is 1.49. The highest BCUT2D eigenvalue weighted by Crippen LogP contribution is 2.25. The lowest BCUT2D eigenvalue weighted by Crippen LogP contribution is -2.16. The first-order chi connectivity index (χ1) is 7.84. The molecule has 2 aromatic rings. The number of aryl methyl sites for hydroxylation is 1. The van der Waals surface area contributed by atoms with Gasteiger partial charge in [0.1, 0.15) is 6.10 Å². The zero-order valence-electron chi connectivity index (χ0n) is 8.74. The van der Waals surface area contributed by atoms with Gasteiger partial charge in [0, 0.05) is 24.5 Å². The molecule has 1 atom stereocenters. The Balaban J connectivity index is 2.05. The predicted octanol–water partition coefficient (Wildman–Crippen LogP) is 1.17. The van der Waals surface area contributed by atoms with E-state index in [-0.39, 0.29) is 0 Å². The van der Waals surface area contributed by atoms with E-state index in [4.69, 9.17) is 0 Å². The minimum absolute atomic E-state index is 0.475. The SMILES string of the molecule is OC1CCCn2nc(-c3ccncc3)nc21. The van der Waals surface area contributed by atoms with Crippen LogP contribution in [-0.4, -0.2) is 24.9 Å². The smallest absolute Gasteiger partial charge is 0.181 e. The van der Waals surface area contributed by atoms with Gasteiger partial charge >= 0.3 is 0 Å². The summed E-state index contributed by atoms with van der Waals surface area (Å²) in [5.41, 5.74) is 0.934. The van der Waals surface area contributed by atoms with Gasteiger partial charge in [0.05, 0.1) is 0 Å². The largest absolute Gasteiger partial charge is 0.385 e. The monoisotopic (exact) mass is 216 g/mol. The number of pyridine rings is 1. The Morgan fingerprint density at radius 3 is 2.88 bits per heavy atom. The Labute approximate surface area is 92.8 Å². The summed E-state index contributed by atoms with van der Waals surface area (Å²) >= 11 is 0. The molecule has 0 fully saturated rings. The number of nitrogens with zero attached hydrogens (tertiary/aromatic N) is 4. The molecule has 0 amide bonds. The Morgan fingerprint density at radius 2 is 2.12 bits per heavy atom. The van der Waals surface area contributed by atoms with Gasteiger partial charge in [0.25, 0.3) is 0 Å². The Hall–Kier alpha value is -1.75. The molecule has 3 heterocycles. The highest BCUT2D eigenvalue weighted by atomic mass is 16.3. The maximum atomic E-state index is 9.79. The number of fused-ring (bicyclic) bond motifs is 1. The van der Waals surface area contributed by atoms with Crippen LogP contribution in [0.4, 0.5) is 0 Å². The van der Waals surface area contributed by atoms with Crippen molar-refractivity contribution in [3.63, 3.8) is 0 Å². The van der Waals surface area contributed by atoms with E-state index >= 15 is 0 Å². The Morgan fingerprint density at radius 1 is 1.31 bits per heavy atom. The molecule has 0 saturated heterocycles. The fraction of sp³-hybridized carbons (Fsp3) is 0.364. The number of hydrogen-bond donors (Lipinski definition) is 1. The molecule has 0 saturated carbocycles.